The number of hydrogen-bond donors (Lipinski definition) is 2. The second kappa shape index (κ2) is 6.01. The van der Waals surface area contributed by atoms with Gasteiger partial charge in [-0.25, -0.2) is 0 Å². The second-order valence-electron chi connectivity index (χ2n) is 5.15. The number of hydrogen-bond acceptors (Lipinski definition) is 4. The van der Waals surface area contributed by atoms with Crippen molar-refractivity contribution in [1.82, 2.24) is 20.4 Å². The summed E-state index contributed by atoms with van der Waals surface area (Å²) in [4.78, 5) is 37.9. The Balaban J connectivity index is 1.71. The lowest BCUT2D eigenvalue weighted by atomic mass is 10.3. The van der Waals surface area contributed by atoms with Gasteiger partial charge in [0.25, 0.3) is 0 Å². The molecule has 0 bridgehead atoms. The van der Waals surface area contributed by atoms with Crippen molar-refractivity contribution in [2.45, 2.75) is 18.9 Å². The standard InChI is InChI=1S/C12H20N4O3/c1-15(6-11(18)14-9-2-3-9)12(19)8-16-5-4-13-10(17)7-16/h9H,2-8H2,1H3,(H,13,17)(H,14,18). The van der Waals surface area contributed by atoms with Crippen LogP contribution in [0.1, 0.15) is 12.8 Å². The highest BCUT2D eigenvalue weighted by molar-refractivity contribution is 5.86. The average Bonchev–Trinajstić information content (AvgIpc) is 3.12. The molecule has 1 aliphatic carbocycles. The third-order valence-corrected chi connectivity index (χ3v) is 3.23. The van der Waals surface area contributed by atoms with Gasteiger partial charge in [0.1, 0.15) is 0 Å². The van der Waals surface area contributed by atoms with Gasteiger partial charge in [0.2, 0.25) is 17.7 Å². The molecule has 0 spiro atoms. The molecule has 0 radical (unpaired) electrons. The van der Waals surface area contributed by atoms with E-state index >= 15 is 0 Å². The van der Waals surface area contributed by atoms with Crippen molar-refractivity contribution in [2.24, 2.45) is 0 Å². The van der Waals surface area contributed by atoms with Gasteiger partial charge < -0.3 is 15.5 Å². The summed E-state index contributed by atoms with van der Waals surface area (Å²) in [5.41, 5.74) is 0. The fraction of sp³-hybridized carbons (Fsp3) is 0.750. The molecular formula is C12H20N4O3. The lowest BCUT2D eigenvalue weighted by Gasteiger charge is -2.27. The summed E-state index contributed by atoms with van der Waals surface area (Å²) in [7, 11) is 1.61. The molecule has 0 aromatic heterocycles. The quantitative estimate of drug-likeness (QED) is 0.613. The van der Waals surface area contributed by atoms with Crippen LogP contribution in [-0.4, -0.2) is 73.3 Å². The number of likely N-dealkylation sites (N-methyl/N-ethyl adjacent to an activating group) is 1. The smallest absolute Gasteiger partial charge is 0.239 e. The van der Waals surface area contributed by atoms with Crippen LogP contribution in [0.2, 0.25) is 0 Å². The molecular weight excluding hydrogens is 248 g/mol. The maximum absolute atomic E-state index is 11.9. The Morgan fingerprint density at radius 2 is 2.21 bits per heavy atom. The minimum atomic E-state index is -0.138. The minimum absolute atomic E-state index is 0.0619. The zero-order valence-electron chi connectivity index (χ0n) is 11.1. The predicted octanol–water partition coefficient (Wildman–Crippen LogP) is -1.84. The number of nitrogens with zero attached hydrogens (tertiary/aromatic N) is 2. The Bertz CT molecular complexity index is 381. The Morgan fingerprint density at radius 3 is 2.84 bits per heavy atom. The molecule has 7 heteroatoms. The fourth-order valence-electron chi connectivity index (χ4n) is 1.94. The third kappa shape index (κ3) is 4.51. The Labute approximate surface area is 112 Å². The molecule has 1 heterocycles. The molecule has 0 unspecified atom stereocenters. The van der Waals surface area contributed by atoms with E-state index in [9.17, 15) is 14.4 Å². The van der Waals surface area contributed by atoms with Crippen LogP contribution in [0.4, 0.5) is 0 Å². The van der Waals surface area contributed by atoms with Crippen molar-refractivity contribution < 1.29 is 14.4 Å². The van der Waals surface area contributed by atoms with E-state index in [0.717, 1.165) is 12.8 Å². The van der Waals surface area contributed by atoms with Crippen molar-refractivity contribution in [2.75, 3.05) is 39.8 Å². The number of piperazine rings is 1. The minimum Gasteiger partial charge on any atom is -0.354 e. The molecule has 3 amide bonds. The van der Waals surface area contributed by atoms with E-state index in [1.54, 1.807) is 11.9 Å². The van der Waals surface area contributed by atoms with Gasteiger partial charge in [-0.15, -0.1) is 0 Å². The highest BCUT2D eigenvalue weighted by atomic mass is 16.2. The Hall–Kier alpha value is -1.63. The van der Waals surface area contributed by atoms with Crippen LogP contribution < -0.4 is 10.6 Å². The predicted molar refractivity (Wildman–Crippen MR) is 68.3 cm³/mol. The highest BCUT2D eigenvalue weighted by Gasteiger charge is 2.25. The van der Waals surface area contributed by atoms with Crippen LogP contribution in [0.15, 0.2) is 0 Å². The van der Waals surface area contributed by atoms with Crippen molar-refractivity contribution in [3.63, 3.8) is 0 Å². The van der Waals surface area contributed by atoms with Crippen LogP contribution >= 0.6 is 0 Å². The van der Waals surface area contributed by atoms with Gasteiger partial charge in [0, 0.05) is 26.2 Å². The van der Waals surface area contributed by atoms with Gasteiger partial charge in [-0.2, -0.15) is 0 Å². The molecule has 1 saturated heterocycles. The van der Waals surface area contributed by atoms with Gasteiger partial charge in [-0.05, 0) is 12.8 Å². The number of rotatable bonds is 5. The van der Waals surface area contributed by atoms with Gasteiger partial charge >= 0.3 is 0 Å². The molecule has 0 aromatic carbocycles. The summed E-state index contributed by atoms with van der Waals surface area (Å²) >= 11 is 0. The summed E-state index contributed by atoms with van der Waals surface area (Å²) in [5, 5.41) is 5.55. The zero-order valence-corrected chi connectivity index (χ0v) is 11.1. The van der Waals surface area contributed by atoms with E-state index in [-0.39, 0.29) is 37.4 Å². The molecule has 2 N–H and O–H groups in total. The average molecular weight is 268 g/mol. The van der Waals surface area contributed by atoms with E-state index in [4.69, 9.17) is 0 Å². The first-order chi connectivity index (χ1) is 9.04. The van der Waals surface area contributed by atoms with Gasteiger partial charge in [-0.3, -0.25) is 19.3 Å². The summed E-state index contributed by atoms with van der Waals surface area (Å²) < 4.78 is 0. The van der Waals surface area contributed by atoms with Gasteiger partial charge in [0.15, 0.2) is 0 Å². The van der Waals surface area contributed by atoms with E-state index in [1.165, 1.54) is 4.90 Å². The molecule has 2 aliphatic rings. The van der Waals surface area contributed by atoms with E-state index < -0.39 is 0 Å². The van der Waals surface area contributed by atoms with Gasteiger partial charge in [-0.1, -0.05) is 0 Å². The van der Waals surface area contributed by atoms with Crippen molar-refractivity contribution in [3.05, 3.63) is 0 Å². The molecule has 0 aromatic rings. The van der Waals surface area contributed by atoms with Crippen molar-refractivity contribution >= 4 is 17.7 Å². The number of nitrogens with one attached hydrogen (secondary N) is 2. The molecule has 7 nitrogen and oxygen atoms in total. The maximum atomic E-state index is 11.9. The lowest BCUT2D eigenvalue weighted by molar-refractivity contribution is -0.136. The highest BCUT2D eigenvalue weighted by Crippen LogP contribution is 2.18. The van der Waals surface area contributed by atoms with Crippen LogP contribution in [0.25, 0.3) is 0 Å². The van der Waals surface area contributed by atoms with E-state index in [0.29, 0.717) is 19.1 Å². The first kappa shape index (κ1) is 13.8. The number of carbonyl (C=O) groups is 3. The number of amides is 3. The lowest BCUT2D eigenvalue weighted by Crippen LogP contribution is -2.51. The van der Waals surface area contributed by atoms with Crippen molar-refractivity contribution in [1.29, 1.82) is 0 Å². The molecule has 1 saturated carbocycles. The number of carbonyl (C=O) groups excluding carboxylic acids is 3. The van der Waals surface area contributed by atoms with E-state index in [2.05, 4.69) is 10.6 Å². The second-order valence-corrected chi connectivity index (χ2v) is 5.15. The molecule has 2 rings (SSSR count). The summed E-state index contributed by atoms with van der Waals surface area (Å²) in [6.45, 7) is 1.74. The van der Waals surface area contributed by atoms with Gasteiger partial charge in [0.05, 0.1) is 19.6 Å². The Kier molecular flexibility index (Phi) is 4.36. The molecule has 19 heavy (non-hydrogen) atoms. The summed E-state index contributed by atoms with van der Waals surface area (Å²) in [6, 6.07) is 0.307. The first-order valence-electron chi connectivity index (χ1n) is 6.57. The summed E-state index contributed by atoms with van der Waals surface area (Å²) in [5.74, 6) is -0.316. The van der Waals surface area contributed by atoms with Crippen molar-refractivity contribution in [3.8, 4) is 0 Å². The first-order valence-corrected chi connectivity index (χ1v) is 6.57. The maximum Gasteiger partial charge on any atom is 0.239 e. The normalized spacial score (nSPS) is 19.7. The van der Waals surface area contributed by atoms with E-state index in [1.807, 2.05) is 0 Å². The fourth-order valence-corrected chi connectivity index (χ4v) is 1.94. The van der Waals surface area contributed by atoms with Crippen LogP contribution in [0.3, 0.4) is 0 Å². The monoisotopic (exact) mass is 268 g/mol. The van der Waals surface area contributed by atoms with Crippen LogP contribution in [-0.2, 0) is 14.4 Å². The molecule has 106 valence electrons. The zero-order chi connectivity index (χ0) is 13.8. The largest absolute Gasteiger partial charge is 0.354 e. The Morgan fingerprint density at radius 1 is 1.47 bits per heavy atom. The molecule has 0 atom stereocenters. The molecule has 1 aliphatic heterocycles. The topological polar surface area (TPSA) is 81.8 Å². The van der Waals surface area contributed by atoms with Crippen LogP contribution in [0, 0.1) is 0 Å². The van der Waals surface area contributed by atoms with Crippen LogP contribution in [0.5, 0.6) is 0 Å². The third-order valence-electron chi connectivity index (χ3n) is 3.23. The SMILES string of the molecule is CN(CC(=O)NC1CC1)C(=O)CN1CCNC(=O)C1. The summed E-state index contributed by atoms with van der Waals surface area (Å²) in [6.07, 6.45) is 2.07. The molecule has 2 fully saturated rings.